The van der Waals surface area contributed by atoms with Gasteiger partial charge in [-0.25, -0.2) is 0 Å². The first-order valence-corrected chi connectivity index (χ1v) is 4.57. The zero-order valence-corrected chi connectivity index (χ0v) is 7.19. The number of carbonyl (C=O) groups is 1. The van der Waals surface area contributed by atoms with Crippen molar-refractivity contribution in [2.24, 2.45) is 5.92 Å². The van der Waals surface area contributed by atoms with E-state index in [0.717, 1.165) is 12.0 Å². The molecule has 2 fully saturated rings. The first-order valence-electron chi connectivity index (χ1n) is 4.57. The van der Waals surface area contributed by atoms with Crippen molar-refractivity contribution in [2.45, 2.75) is 11.8 Å². The van der Waals surface area contributed by atoms with Crippen LogP contribution in [0.1, 0.15) is 12.0 Å². The molecule has 0 N–H and O–H groups in total. The van der Waals surface area contributed by atoms with Gasteiger partial charge in [-0.2, -0.15) is 0 Å². The van der Waals surface area contributed by atoms with Crippen LogP contribution in [-0.4, -0.2) is 12.6 Å². The van der Waals surface area contributed by atoms with E-state index in [4.69, 9.17) is 4.74 Å². The van der Waals surface area contributed by atoms with Gasteiger partial charge >= 0.3 is 5.97 Å². The molecule has 1 saturated carbocycles. The van der Waals surface area contributed by atoms with Gasteiger partial charge in [-0.15, -0.1) is 0 Å². The number of hydrogen-bond donors (Lipinski definition) is 0. The Balaban J connectivity index is 2.07. The van der Waals surface area contributed by atoms with E-state index in [0.29, 0.717) is 12.5 Å². The predicted molar refractivity (Wildman–Crippen MR) is 47.2 cm³/mol. The minimum absolute atomic E-state index is 0.0244. The normalized spacial score (nSPS) is 35.4. The zero-order valence-electron chi connectivity index (χ0n) is 7.19. The first-order chi connectivity index (χ1) is 6.34. The lowest BCUT2D eigenvalue weighted by Crippen LogP contribution is -2.18. The number of hydrogen-bond acceptors (Lipinski definition) is 2. The third kappa shape index (κ3) is 0.755. The molecule has 1 aliphatic carbocycles. The lowest BCUT2D eigenvalue weighted by atomic mass is 9.95. The minimum Gasteiger partial charge on any atom is -0.465 e. The molecule has 2 atom stereocenters. The van der Waals surface area contributed by atoms with Crippen molar-refractivity contribution in [3.05, 3.63) is 35.9 Å². The third-order valence-corrected chi connectivity index (χ3v) is 3.17. The molecular formula is C11H10O2. The van der Waals surface area contributed by atoms with Crippen LogP contribution in [0, 0.1) is 5.92 Å². The van der Waals surface area contributed by atoms with E-state index in [1.165, 1.54) is 0 Å². The summed E-state index contributed by atoms with van der Waals surface area (Å²) in [4.78, 5) is 11.5. The Kier molecular flexibility index (Phi) is 1.17. The lowest BCUT2D eigenvalue weighted by molar-refractivity contribution is -0.142. The number of ether oxygens (including phenoxy) is 1. The van der Waals surface area contributed by atoms with E-state index < -0.39 is 0 Å². The van der Waals surface area contributed by atoms with Crippen molar-refractivity contribution in [1.29, 1.82) is 0 Å². The summed E-state index contributed by atoms with van der Waals surface area (Å²) < 4.78 is 5.03. The van der Waals surface area contributed by atoms with Crippen LogP contribution in [0.25, 0.3) is 0 Å². The van der Waals surface area contributed by atoms with E-state index in [-0.39, 0.29) is 11.4 Å². The van der Waals surface area contributed by atoms with Crippen LogP contribution in [0.15, 0.2) is 30.3 Å². The number of carbonyl (C=O) groups excluding carboxylic acids is 1. The topological polar surface area (TPSA) is 26.3 Å². The highest BCUT2D eigenvalue weighted by Crippen LogP contribution is 2.58. The summed E-state index contributed by atoms with van der Waals surface area (Å²) in [5, 5.41) is 0. The summed E-state index contributed by atoms with van der Waals surface area (Å²) >= 11 is 0. The minimum atomic E-state index is -0.249. The summed E-state index contributed by atoms with van der Waals surface area (Å²) in [6, 6.07) is 9.97. The highest BCUT2D eigenvalue weighted by Gasteiger charge is 2.66. The van der Waals surface area contributed by atoms with Crippen molar-refractivity contribution in [2.75, 3.05) is 6.61 Å². The van der Waals surface area contributed by atoms with Crippen molar-refractivity contribution in [3.8, 4) is 0 Å². The summed E-state index contributed by atoms with van der Waals surface area (Å²) in [5.41, 5.74) is 0.879. The molecular weight excluding hydrogens is 164 g/mol. The third-order valence-electron chi connectivity index (χ3n) is 3.17. The van der Waals surface area contributed by atoms with E-state index in [2.05, 4.69) is 0 Å². The molecule has 1 aromatic rings. The molecule has 2 unspecified atom stereocenters. The summed E-state index contributed by atoms with van der Waals surface area (Å²) in [7, 11) is 0. The van der Waals surface area contributed by atoms with Crippen LogP contribution in [0.4, 0.5) is 0 Å². The predicted octanol–water partition coefficient (Wildman–Crippen LogP) is 1.50. The molecule has 0 aromatic heterocycles. The largest absolute Gasteiger partial charge is 0.465 e. The van der Waals surface area contributed by atoms with Gasteiger partial charge in [-0.3, -0.25) is 4.79 Å². The monoisotopic (exact) mass is 174 g/mol. The molecule has 0 spiro atoms. The molecule has 2 nitrogen and oxygen atoms in total. The van der Waals surface area contributed by atoms with Crippen LogP contribution in [0.3, 0.4) is 0 Å². The fourth-order valence-electron chi connectivity index (χ4n) is 2.29. The van der Waals surface area contributed by atoms with Crippen LogP contribution < -0.4 is 0 Å². The van der Waals surface area contributed by atoms with Crippen molar-refractivity contribution >= 4 is 5.97 Å². The number of esters is 1. The molecule has 2 aliphatic rings. The van der Waals surface area contributed by atoms with Gasteiger partial charge in [0, 0.05) is 5.92 Å². The van der Waals surface area contributed by atoms with Crippen LogP contribution in [-0.2, 0) is 14.9 Å². The Labute approximate surface area is 76.5 Å². The van der Waals surface area contributed by atoms with E-state index in [9.17, 15) is 4.79 Å². The second-order valence-electron chi connectivity index (χ2n) is 3.84. The highest BCUT2D eigenvalue weighted by atomic mass is 16.5. The molecule has 2 heteroatoms. The molecule has 0 bridgehead atoms. The van der Waals surface area contributed by atoms with E-state index >= 15 is 0 Å². The Morgan fingerprint density at radius 2 is 2.08 bits per heavy atom. The smallest absolute Gasteiger partial charge is 0.317 e. The van der Waals surface area contributed by atoms with Gasteiger partial charge in [-0.05, 0) is 12.0 Å². The molecule has 3 rings (SSSR count). The average Bonchev–Trinajstić information content (AvgIpc) is 2.84. The Hall–Kier alpha value is -1.31. The van der Waals surface area contributed by atoms with Gasteiger partial charge < -0.3 is 4.74 Å². The van der Waals surface area contributed by atoms with Gasteiger partial charge in [0.05, 0.1) is 12.0 Å². The fraction of sp³-hybridized carbons (Fsp3) is 0.364. The Morgan fingerprint density at radius 1 is 1.31 bits per heavy atom. The van der Waals surface area contributed by atoms with Crippen LogP contribution in [0.5, 0.6) is 0 Å². The van der Waals surface area contributed by atoms with Gasteiger partial charge in [0.15, 0.2) is 0 Å². The van der Waals surface area contributed by atoms with E-state index in [1.807, 2.05) is 30.3 Å². The Morgan fingerprint density at radius 3 is 2.62 bits per heavy atom. The highest BCUT2D eigenvalue weighted by molar-refractivity contribution is 5.89. The maximum atomic E-state index is 11.5. The quantitative estimate of drug-likeness (QED) is 0.603. The molecule has 1 heterocycles. The summed E-state index contributed by atoms with van der Waals surface area (Å²) in [5.74, 6) is 0.422. The maximum absolute atomic E-state index is 11.5. The van der Waals surface area contributed by atoms with Crippen molar-refractivity contribution < 1.29 is 9.53 Å². The first kappa shape index (κ1) is 7.13. The maximum Gasteiger partial charge on any atom is 0.317 e. The summed E-state index contributed by atoms with van der Waals surface area (Å²) in [6.45, 7) is 0.619. The van der Waals surface area contributed by atoms with Gasteiger partial charge in [0.2, 0.25) is 0 Å². The average molecular weight is 174 g/mol. The number of cyclic esters (lactones) is 1. The Bertz CT molecular complexity index is 358. The number of fused-ring (bicyclic) bond motifs is 1. The molecule has 1 aliphatic heterocycles. The SMILES string of the molecule is O=C1OCC2CC12c1ccccc1. The van der Waals surface area contributed by atoms with Crippen molar-refractivity contribution in [1.82, 2.24) is 0 Å². The molecule has 1 aromatic carbocycles. The zero-order chi connectivity index (χ0) is 8.89. The van der Waals surface area contributed by atoms with Gasteiger partial charge in [-0.1, -0.05) is 30.3 Å². The number of rotatable bonds is 1. The van der Waals surface area contributed by atoms with Crippen molar-refractivity contribution in [3.63, 3.8) is 0 Å². The second kappa shape index (κ2) is 2.13. The van der Waals surface area contributed by atoms with E-state index in [1.54, 1.807) is 0 Å². The van der Waals surface area contributed by atoms with Gasteiger partial charge in [0.25, 0.3) is 0 Å². The van der Waals surface area contributed by atoms with Gasteiger partial charge in [0.1, 0.15) is 0 Å². The summed E-state index contributed by atoms with van der Waals surface area (Å²) in [6.07, 6.45) is 0.982. The molecule has 1 saturated heterocycles. The molecule has 0 radical (unpaired) electrons. The van der Waals surface area contributed by atoms with Crippen LogP contribution >= 0.6 is 0 Å². The second-order valence-corrected chi connectivity index (χ2v) is 3.84. The number of benzene rings is 1. The lowest BCUT2D eigenvalue weighted by Gasteiger charge is -2.08. The van der Waals surface area contributed by atoms with Crippen LogP contribution in [0.2, 0.25) is 0 Å². The fourth-order valence-corrected chi connectivity index (χ4v) is 2.29. The molecule has 0 amide bonds. The molecule has 13 heavy (non-hydrogen) atoms. The molecule has 66 valence electrons. The standard InChI is InChI=1S/C11H10O2/c12-10-11(6-9(11)7-13-10)8-4-2-1-3-5-8/h1-5,9H,6-7H2.